The monoisotopic (exact) mass is 445 g/mol. The molecule has 0 atom stereocenters. The molecule has 0 radical (unpaired) electrons. The molecule has 1 amide bonds. The summed E-state index contributed by atoms with van der Waals surface area (Å²) in [6, 6.07) is 19.5. The molecule has 0 bridgehead atoms. The van der Waals surface area contributed by atoms with Gasteiger partial charge in [-0.3, -0.25) is 14.2 Å². The van der Waals surface area contributed by atoms with Crippen LogP contribution in [-0.2, 0) is 17.9 Å². The number of benzene rings is 2. The predicted molar refractivity (Wildman–Crippen MR) is 132 cm³/mol. The summed E-state index contributed by atoms with van der Waals surface area (Å²) in [6.45, 7) is 8.33. The zero-order valence-electron chi connectivity index (χ0n) is 18.8. The second kappa shape index (κ2) is 9.09. The zero-order valence-corrected chi connectivity index (χ0v) is 19.6. The van der Waals surface area contributed by atoms with E-state index in [1.165, 1.54) is 11.3 Å². The Morgan fingerprint density at radius 1 is 1.03 bits per heavy atom. The number of hydrogen-bond acceptors (Lipinski definition) is 4. The number of aromatic nitrogens is 2. The first-order chi connectivity index (χ1) is 15.4. The zero-order chi connectivity index (χ0) is 22.8. The fourth-order valence-electron chi connectivity index (χ4n) is 3.85. The number of carbonyl (C=O) groups excluding carboxylic acids is 1. The van der Waals surface area contributed by atoms with Gasteiger partial charge >= 0.3 is 0 Å². The van der Waals surface area contributed by atoms with Crippen LogP contribution < -0.4 is 10.5 Å². The third-order valence-electron chi connectivity index (χ3n) is 5.68. The van der Waals surface area contributed by atoms with Crippen molar-refractivity contribution in [3.8, 4) is 0 Å². The normalized spacial score (nSPS) is 11.3. The molecule has 0 saturated heterocycles. The second-order valence-corrected chi connectivity index (χ2v) is 9.48. The lowest BCUT2D eigenvalue weighted by molar-refractivity contribution is -0.119. The van der Waals surface area contributed by atoms with Crippen molar-refractivity contribution in [1.82, 2.24) is 9.55 Å². The molecule has 0 aliphatic carbocycles. The van der Waals surface area contributed by atoms with Crippen molar-refractivity contribution < 1.29 is 4.79 Å². The lowest BCUT2D eigenvalue weighted by atomic mass is 10.1. The van der Waals surface area contributed by atoms with Gasteiger partial charge in [-0.25, -0.2) is 4.98 Å². The van der Waals surface area contributed by atoms with Crippen molar-refractivity contribution >= 4 is 33.1 Å². The van der Waals surface area contributed by atoms with Crippen LogP contribution in [0.5, 0.6) is 0 Å². The highest BCUT2D eigenvalue weighted by molar-refractivity contribution is 7.18. The molecule has 5 nitrogen and oxygen atoms in total. The number of aryl methyl sites for hydroxylation is 2. The number of nitrogens with zero attached hydrogens (tertiary/aromatic N) is 3. The number of amides is 1. The van der Waals surface area contributed by atoms with Crippen molar-refractivity contribution in [2.24, 2.45) is 0 Å². The summed E-state index contributed by atoms with van der Waals surface area (Å²) in [5.41, 5.74) is 2.64. The first-order valence-electron chi connectivity index (χ1n) is 10.8. The molecule has 0 unspecified atom stereocenters. The van der Waals surface area contributed by atoms with E-state index in [1.807, 2.05) is 88.4 Å². The van der Waals surface area contributed by atoms with Gasteiger partial charge in [0.15, 0.2) is 0 Å². The molecule has 0 aliphatic rings. The van der Waals surface area contributed by atoms with Crippen molar-refractivity contribution in [3.63, 3.8) is 0 Å². The number of hydrogen-bond donors (Lipinski definition) is 0. The van der Waals surface area contributed by atoms with Crippen LogP contribution >= 0.6 is 11.3 Å². The molecule has 6 heteroatoms. The summed E-state index contributed by atoms with van der Waals surface area (Å²) in [4.78, 5) is 35.5. The molecule has 0 saturated carbocycles. The highest BCUT2D eigenvalue weighted by atomic mass is 32.1. The standard InChI is InChI=1S/C26H27N3O2S/c1-17(2)24-27-25-23(18(3)19(4)32-25)26(31)29(24)16-22(30)28(21-13-9-6-10-14-21)15-20-11-7-5-8-12-20/h5-14,17H,15-16H2,1-4H3. The maximum atomic E-state index is 13.6. The van der Waals surface area contributed by atoms with Crippen LogP contribution in [0.4, 0.5) is 5.69 Å². The average Bonchev–Trinajstić information content (AvgIpc) is 3.08. The molecule has 4 rings (SSSR count). The first-order valence-corrected chi connectivity index (χ1v) is 11.6. The van der Waals surface area contributed by atoms with Crippen molar-refractivity contribution in [2.75, 3.05) is 4.90 Å². The van der Waals surface area contributed by atoms with Crippen LogP contribution in [0, 0.1) is 13.8 Å². The molecular weight excluding hydrogens is 418 g/mol. The molecule has 2 heterocycles. The fraction of sp³-hybridized carbons (Fsp3) is 0.269. The Bertz CT molecular complexity index is 1310. The number of para-hydroxylation sites is 1. The quantitative estimate of drug-likeness (QED) is 0.398. The van der Waals surface area contributed by atoms with Crippen LogP contribution in [-0.4, -0.2) is 15.5 Å². The van der Waals surface area contributed by atoms with Crippen LogP contribution in [0.3, 0.4) is 0 Å². The van der Waals surface area contributed by atoms with Gasteiger partial charge in [-0.2, -0.15) is 0 Å². The van der Waals surface area contributed by atoms with E-state index in [-0.39, 0.29) is 23.9 Å². The van der Waals surface area contributed by atoms with E-state index in [4.69, 9.17) is 4.98 Å². The minimum Gasteiger partial charge on any atom is -0.306 e. The summed E-state index contributed by atoms with van der Waals surface area (Å²) in [7, 11) is 0. The molecular formula is C26H27N3O2S. The maximum Gasteiger partial charge on any atom is 0.263 e. The number of anilines is 1. The Morgan fingerprint density at radius 2 is 1.66 bits per heavy atom. The van der Waals surface area contributed by atoms with E-state index in [1.54, 1.807) is 9.47 Å². The molecule has 32 heavy (non-hydrogen) atoms. The summed E-state index contributed by atoms with van der Waals surface area (Å²) in [5.74, 6) is 0.515. The number of rotatable bonds is 6. The van der Waals surface area contributed by atoms with Gasteiger partial charge in [0.2, 0.25) is 5.91 Å². The van der Waals surface area contributed by atoms with Gasteiger partial charge in [0.05, 0.1) is 11.9 Å². The van der Waals surface area contributed by atoms with Gasteiger partial charge < -0.3 is 4.90 Å². The number of carbonyl (C=O) groups is 1. The Balaban J connectivity index is 1.78. The van der Waals surface area contributed by atoms with Crippen LogP contribution in [0.25, 0.3) is 10.2 Å². The van der Waals surface area contributed by atoms with Crippen molar-refractivity contribution in [1.29, 1.82) is 0 Å². The Labute approximate surface area is 192 Å². The minimum atomic E-state index is -0.144. The maximum absolute atomic E-state index is 13.6. The second-order valence-electron chi connectivity index (χ2n) is 8.28. The van der Waals surface area contributed by atoms with Gasteiger partial charge in [0, 0.05) is 16.5 Å². The van der Waals surface area contributed by atoms with E-state index in [0.29, 0.717) is 17.8 Å². The van der Waals surface area contributed by atoms with Gasteiger partial charge in [0.25, 0.3) is 5.56 Å². The van der Waals surface area contributed by atoms with Crippen molar-refractivity contribution in [3.05, 3.63) is 92.8 Å². The third-order valence-corrected chi connectivity index (χ3v) is 6.78. The number of fused-ring (bicyclic) bond motifs is 1. The lowest BCUT2D eigenvalue weighted by Gasteiger charge is -2.24. The lowest BCUT2D eigenvalue weighted by Crippen LogP contribution is -2.38. The molecule has 0 N–H and O–H groups in total. The highest BCUT2D eigenvalue weighted by Gasteiger charge is 2.23. The SMILES string of the molecule is Cc1sc2nc(C(C)C)n(CC(=O)N(Cc3ccccc3)c3ccccc3)c(=O)c2c1C. The fourth-order valence-corrected chi connectivity index (χ4v) is 4.88. The Morgan fingerprint density at radius 3 is 2.28 bits per heavy atom. The van der Waals surface area contributed by atoms with Crippen LogP contribution in [0.1, 0.15) is 41.6 Å². The molecule has 2 aromatic heterocycles. The molecule has 4 aromatic rings. The number of thiophene rings is 1. The van der Waals surface area contributed by atoms with Crippen LogP contribution in [0.15, 0.2) is 65.5 Å². The largest absolute Gasteiger partial charge is 0.306 e. The molecule has 0 aliphatic heterocycles. The Hall–Kier alpha value is -3.25. The van der Waals surface area contributed by atoms with E-state index in [0.717, 1.165) is 26.5 Å². The first kappa shape index (κ1) is 22.0. The summed E-state index contributed by atoms with van der Waals surface area (Å²) < 4.78 is 1.56. The topological polar surface area (TPSA) is 55.2 Å². The van der Waals surface area contributed by atoms with Crippen molar-refractivity contribution in [2.45, 2.75) is 46.7 Å². The summed E-state index contributed by atoms with van der Waals surface area (Å²) in [6.07, 6.45) is 0. The smallest absolute Gasteiger partial charge is 0.263 e. The highest BCUT2D eigenvalue weighted by Crippen LogP contribution is 2.28. The predicted octanol–water partition coefficient (Wildman–Crippen LogP) is 5.43. The molecule has 164 valence electrons. The van der Waals surface area contributed by atoms with E-state index >= 15 is 0 Å². The van der Waals surface area contributed by atoms with Gasteiger partial charge in [-0.15, -0.1) is 11.3 Å². The third kappa shape index (κ3) is 4.23. The van der Waals surface area contributed by atoms with E-state index in [9.17, 15) is 9.59 Å². The summed E-state index contributed by atoms with van der Waals surface area (Å²) >= 11 is 1.54. The minimum absolute atomic E-state index is 0.0157. The van der Waals surface area contributed by atoms with Gasteiger partial charge in [-0.1, -0.05) is 62.4 Å². The van der Waals surface area contributed by atoms with E-state index < -0.39 is 0 Å². The molecule has 0 fully saturated rings. The van der Waals surface area contributed by atoms with Gasteiger partial charge in [0.1, 0.15) is 17.2 Å². The average molecular weight is 446 g/mol. The molecule has 2 aromatic carbocycles. The Kier molecular flexibility index (Phi) is 6.24. The van der Waals surface area contributed by atoms with E-state index in [2.05, 4.69) is 0 Å². The molecule has 0 spiro atoms. The van der Waals surface area contributed by atoms with Gasteiger partial charge in [-0.05, 0) is 37.1 Å². The summed E-state index contributed by atoms with van der Waals surface area (Å²) in [5, 5.41) is 0.624. The van der Waals surface area contributed by atoms with Crippen LogP contribution in [0.2, 0.25) is 0 Å².